The van der Waals surface area contributed by atoms with Crippen LogP contribution in [-0.4, -0.2) is 65.3 Å². The molecule has 0 unspecified atom stereocenters. The van der Waals surface area contributed by atoms with Gasteiger partial charge in [-0.3, -0.25) is 0 Å². The van der Waals surface area contributed by atoms with Gasteiger partial charge in [-0.1, -0.05) is 49.7 Å². The third-order valence-electron chi connectivity index (χ3n) is 6.45. The van der Waals surface area contributed by atoms with E-state index in [0.717, 1.165) is 16.7 Å². The lowest BCUT2D eigenvalue weighted by atomic mass is 9.86. The lowest BCUT2D eigenvalue weighted by Gasteiger charge is -2.47. The molecule has 2 heterocycles. The Morgan fingerprint density at radius 1 is 1.09 bits per heavy atom. The molecule has 0 bridgehead atoms. The molecule has 7 heteroatoms. The summed E-state index contributed by atoms with van der Waals surface area (Å²) in [5.41, 5.74) is 4.74. The topological polar surface area (TPSA) is 82.4 Å². The van der Waals surface area contributed by atoms with E-state index in [-0.39, 0.29) is 6.61 Å². The van der Waals surface area contributed by atoms with Gasteiger partial charge in [0, 0.05) is 17.1 Å². The summed E-state index contributed by atoms with van der Waals surface area (Å²) in [5.74, 6) is -1.08. The number of fused-ring (bicyclic) bond motifs is 2. The van der Waals surface area contributed by atoms with Crippen LogP contribution in [0.2, 0.25) is 5.02 Å². The highest BCUT2D eigenvalue weighted by Gasteiger charge is 2.58. The summed E-state index contributed by atoms with van der Waals surface area (Å²) in [6.07, 6.45) is -4.17. The molecule has 1 saturated heterocycles. The van der Waals surface area contributed by atoms with Gasteiger partial charge >= 0.3 is 0 Å². The fraction of sp³-hybridized carbons (Fsp3) is 0.520. The third kappa shape index (κ3) is 4.21. The van der Waals surface area contributed by atoms with E-state index in [1.807, 2.05) is 31.1 Å². The van der Waals surface area contributed by atoms with Crippen LogP contribution >= 0.6 is 11.6 Å². The molecule has 2 aliphatic heterocycles. The normalized spacial score (nSPS) is 29.8. The first-order valence-corrected chi connectivity index (χ1v) is 11.4. The summed E-state index contributed by atoms with van der Waals surface area (Å²) >= 11 is 6.60. The van der Waals surface area contributed by atoms with Crippen molar-refractivity contribution in [2.24, 2.45) is 0 Å². The van der Waals surface area contributed by atoms with Gasteiger partial charge in [0.2, 0.25) is 5.79 Å². The second-order valence-electron chi connectivity index (χ2n) is 9.47. The average molecular weight is 462 g/mol. The number of benzene rings is 2. The van der Waals surface area contributed by atoms with Gasteiger partial charge in [-0.2, -0.15) is 0 Å². The molecular formula is C25H32ClNO5. The monoisotopic (exact) mass is 461 g/mol. The van der Waals surface area contributed by atoms with Crippen LogP contribution in [0, 0.1) is 0 Å². The van der Waals surface area contributed by atoms with E-state index in [2.05, 4.69) is 38.1 Å². The highest BCUT2D eigenvalue weighted by molar-refractivity contribution is 6.31. The molecule has 2 aliphatic rings. The smallest absolute Gasteiger partial charge is 0.225 e. The molecule has 174 valence electrons. The molecular weight excluding hydrogens is 430 g/mol. The molecule has 2 aromatic carbocycles. The van der Waals surface area contributed by atoms with Crippen molar-refractivity contribution in [2.45, 2.75) is 63.0 Å². The maximum Gasteiger partial charge on any atom is 0.225 e. The molecule has 6 nitrogen and oxygen atoms in total. The lowest BCUT2D eigenvalue weighted by Crippen LogP contribution is -2.64. The quantitative estimate of drug-likeness (QED) is 0.635. The first-order chi connectivity index (χ1) is 15.1. The fourth-order valence-corrected chi connectivity index (χ4v) is 4.84. The molecule has 5 atom stereocenters. The minimum atomic E-state index is -1.55. The SMILES string of the molecule is CC(C)c1ccc(Cc2cc3c(cc2Cl)CO[C@]32O[C@H](CN(C)C)[C@@H](O)[C@H](O)[C@H]2O)cc1. The van der Waals surface area contributed by atoms with Crippen molar-refractivity contribution >= 4 is 11.6 Å². The predicted octanol–water partition coefficient (Wildman–Crippen LogP) is 2.78. The van der Waals surface area contributed by atoms with Crippen LogP contribution in [0.15, 0.2) is 36.4 Å². The van der Waals surface area contributed by atoms with E-state index in [0.29, 0.717) is 29.5 Å². The molecule has 1 fully saturated rings. The number of likely N-dealkylation sites (N-methyl/N-ethyl adjacent to an activating group) is 1. The van der Waals surface area contributed by atoms with Crippen molar-refractivity contribution in [1.29, 1.82) is 0 Å². The van der Waals surface area contributed by atoms with Crippen LogP contribution in [0.25, 0.3) is 0 Å². The van der Waals surface area contributed by atoms with E-state index in [1.54, 1.807) is 0 Å². The second-order valence-corrected chi connectivity index (χ2v) is 9.88. The minimum absolute atomic E-state index is 0.201. The summed E-state index contributed by atoms with van der Waals surface area (Å²) in [6, 6.07) is 12.2. The van der Waals surface area contributed by atoms with Gasteiger partial charge in [-0.25, -0.2) is 0 Å². The number of hydrogen-bond acceptors (Lipinski definition) is 6. The maximum atomic E-state index is 10.9. The zero-order valence-corrected chi connectivity index (χ0v) is 19.7. The van der Waals surface area contributed by atoms with E-state index in [4.69, 9.17) is 21.1 Å². The molecule has 4 rings (SSSR count). The van der Waals surface area contributed by atoms with Crippen molar-refractivity contribution in [3.05, 3.63) is 69.2 Å². The fourth-order valence-electron chi connectivity index (χ4n) is 4.58. The molecule has 32 heavy (non-hydrogen) atoms. The number of ether oxygens (including phenoxy) is 2. The van der Waals surface area contributed by atoms with Crippen molar-refractivity contribution in [3.8, 4) is 0 Å². The van der Waals surface area contributed by atoms with E-state index in [9.17, 15) is 15.3 Å². The van der Waals surface area contributed by atoms with Gasteiger partial charge in [0.15, 0.2) is 0 Å². The van der Waals surface area contributed by atoms with Gasteiger partial charge in [-0.05, 0) is 60.8 Å². The van der Waals surface area contributed by atoms with Crippen LogP contribution in [0.3, 0.4) is 0 Å². The Bertz CT molecular complexity index is 964. The largest absolute Gasteiger partial charge is 0.388 e. The van der Waals surface area contributed by atoms with E-state index >= 15 is 0 Å². The maximum absolute atomic E-state index is 10.9. The molecule has 0 aliphatic carbocycles. The second kappa shape index (κ2) is 9.03. The van der Waals surface area contributed by atoms with Gasteiger partial charge in [0.05, 0.1) is 6.61 Å². The van der Waals surface area contributed by atoms with Crippen molar-refractivity contribution in [3.63, 3.8) is 0 Å². The standard InChI is InChI=1S/C25H32ClNO5/c1-14(2)16-7-5-15(6-8-16)9-17-10-19-18(11-20(17)26)13-31-25(19)24(30)23(29)22(28)21(32-25)12-27(3)4/h5-8,10-11,14,21-24,28-30H,9,12-13H2,1-4H3/t21-,22-,23+,24-,25+/m1/s1. The highest BCUT2D eigenvalue weighted by atomic mass is 35.5. The first kappa shape index (κ1) is 23.6. The summed E-state index contributed by atoms with van der Waals surface area (Å²) in [5, 5.41) is 32.6. The van der Waals surface area contributed by atoms with Crippen molar-refractivity contribution in [1.82, 2.24) is 4.90 Å². The number of hydrogen-bond donors (Lipinski definition) is 3. The Kier molecular flexibility index (Phi) is 6.67. The van der Waals surface area contributed by atoms with Crippen LogP contribution in [0.1, 0.15) is 47.6 Å². The lowest BCUT2D eigenvalue weighted by molar-refractivity contribution is -0.366. The summed E-state index contributed by atoms with van der Waals surface area (Å²) < 4.78 is 12.2. The Morgan fingerprint density at radius 3 is 2.41 bits per heavy atom. The Morgan fingerprint density at radius 2 is 1.78 bits per heavy atom. The molecule has 1 spiro atoms. The van der Waals surface area contributed by atoms with Gasteiger partial charge in [-0.15, -0.1) is 0 Å². The van der Waals surface area contributed by atoms with E-state index in [1.165, 1.54) is 5.56 Å². The summed E-state index contributed by atoms with van der Waals surface area (Å²) in [7, 11) is 3.71. The van der Waals surface area contributed by atoms with Gasteiger partial charge in [0.1, 0.15) is 24.4 Å². The molecule has 0 radical (unpaired) electrons. The average Bonchev–Trinajstić information content (AvgIpc) is 3.09. The van der Waals surface area contributed by atoms with Crippen LogP contribution in [0.4, 0.5) is 0 Å². The highest BCUT2D eigenvalue weighted by Crippen LogP contribution is 2.47. The minimum Gasteiger partial charge on any atom is -0.388 e. The molecule has 0 amide bonds. The number of halogens is 1. The van der Waals surface area contributed by atoms with Crippen LogP contribution in [0.5, 0.6) is 0 Å². The van der Waals surface area contributed by atoms with Crippen LogP contribution < -0.4 is 0 Å². The number of nitrogens with zero attached hydrogens (tertiary/aromatic N) is 1. The van der Waals surface area contributed by atoms with Crippen molar-refractivity contribution in [2.75, 3.05) is 20.6 Å². The number of aliphatic hydroxyl groups excluding tert-OH is 3. The predicted molar refractivity (Wildman–Crippen MR) is 123 cm³/mol. The number of rotatable bonds is 5. The summed E-state index contributed by atoms with van der Waals surface area (Å²) in [4.78, 5) is 1.86. The van der Waals surface area contributed by atoms with Gasteiger partial charge < -0.3 is 29.7 Å². The Hall–Kier alpha value is -1.51. The zero-order valence-electron chi connectivity index (χ0n) is 19.0. The van der Waals surface area contributed by atoms with Crippen molar-refractivity contribution < 1.29 is 24.8 Å². The van der Waals surface area contributed by atoms with Gasteiger partial charge in [0.25, 0.3) is 0 Å². The molecule has 0 saturated carbocycles. The van der Waals surface area contributed by atoms with E-state index < -0.39 is 30.2 Å². The van der Waals surface area contributed by atoms with Crippen LogP contribution in [-0.2, 0) is 28.3 Å². The molecule has 0 aromatic heterocycles. The number of aliphatic hydroxyl groups is 3. The summed E-state index contributed by atoms with van der Waals surface area (Å²) in [6.45, 7) is 4.90. The first-order valence-electron chi connectivity index (χ1n) is 11.0. The molecule has 2 aromatic rings. The Balaban J connectivity index is 1.68. The molecule has 3 N–H and O–H groups in total. The zero-order chi connectivity index (χ0) is 23.2. The third-order valence-corrected chi connectivity index (χ3v) is 6.80. The Labute approximate surface area is 194 Å².